The fourth-order valence-electron chi connectivity index (χ4n) is 2.45. The van der Waals surface area contributed by atoms with Gasteiger partial charge in [0.25, 0.3) is 5.91 Å². The molecule has 4 heteroatoms. The molecule has 0 atom stereocenters. The number of fused-ring (bicyclic) bond motifs is 1. The van der Waals surface area contributed by atoms with Crippen molar-refractivity contribution in [3.8, 4) is 0 Å². The molecule has 1 fully saturated rings. The number of thiophene rings is 1. The first-order chi connectivity index (χ1) is 9.56. The van der Waals surface area contributed by atoms with Crippen molar-refractivity contribution in [2.45, 2.75) is 32.7 Å². The van der Waals surface area contributed by atoms with Crippen molar-refractivity contribution in [1.29, 1.82) is 0 Å². The zero-order chi connectivity index (χ0) is 14.3. The third kappa shape index (κ3) is 2.57. The maximum Gasteiger partial charge on any atom is 0.264 e. The van der Waals surface area contributed by atoms with Gasteiger partial charge in [-0.05, 0) is 37.0 Å². The van der Waals surface area contributed by atoms with Gasteiger partial charge in [-0.2, -0.15) is 0 Å². The number of carbonyl (C=O) groups is 1. The number of hydrogen-bond acceptors (Lipinski definition) is 2. The molecule has 2 aromatic rings. The topological polar surface area (TPSA) is 20.3 Å². The number of benzene rings is 1. The van der Waals surface area contributed by atoms with E-state index >= 15 is 0 Å². The third-order valence-corrected chi connectivity index (χ3v) is 4.62. The maximum atomic E-state index is 13.7. The first-order valence-corrected chi connectivity index (χ1v) is 7.87. The van der Waals surface area contributed by atoms with Gasteiger partial charge in [-0.25, -0.2) is 4.39 Å². The second kappa shape index (κ2) is 5.17. The van der Waals surface area contributed by atoms with E-state index in [4.69, 9.17) is 0 Å². The summed E-state index contributed by atoms with van der Waals surface area (Å²) >= 11 is 1.39. The van der Waals surface area contributed by atoms with Crippen LogP contribution in [-0.2, 0) is 0 Å². The fraction of sp³-hybridized carbons (Fsp3) is 0.438. The molecule has 0 aliphatic heterocycles. The molecule has 1 aliphatic rings. The van der Waals surface area contributed by atoms with Crippen LogP contribution < -0.4 is 0 Å². The highest BCUT2D eigenvalue weighted by Crippen LogP contribution is 2.33. The molecule has 1 saturated carbocycles. The van der Waals surface area contributed by atoms with Crippen molar-refractivity contribution in [2.24, 2.45) is 5.92 Å². The molecule has 1 aromatic carbocycles. The van der Waals surface area contributed by atoms with E-state index in [1.165, 1.54) is 17.4 Å². The summed E-state index contributed by atoms with van der Waals surface area (Å²) in [6.45, 7) is 5.01. The van der Waals surface area contributed by atoms with Crippen LogP contribution in [0, 0.1) is 11.7 Å². The summed E-state index contributed by atoms with van der Waals surface area (Å²) < 4.78 is 14.6. The van der Waals surface area contributed by atoms with Crippen LogP contribution in [-0.4, -0.2) is 23.4 Å². The van der Waals surface area contributed by atoms with E-state index in [9.17, 15) is 9.18 Å². The minimum atomic E-state index is -0.250. The second-order valence-electron chi connectivity index (χ2n) is 5.84. The number of halogens is 1. The summed E-state index contributed by atoms with van der Waals surface area (Å²) in [7, 11) is 0. The van der Waals surface area contributed by atoms with Crippen LogP contribution >= 0.6 is 11.3 Å². The summed E-state index contributed by atoms with van der Waals surface area (Å²) in [5, 5.41) is 0.557. The van der Waals surface area contributed by atoms with Crippen LogP contribution in [0.3, 0.4) is 0 Å². The molecule has 0 radical (unpaired) electrons. The lowest BCUT2D eigenvalue weighted by Gasteiger charge is -2.23. The Hall–Kier alpha value is -1.42. The molecule has 3 rings (SSSR count). The van der Waals surface area contributed by atoms with Gasteiger partial charge in [0.2, 0.25) is 0 Å². The quantitative estimate of drug-likeness (QED) is 0.822. The number of nitrogens with zero attached hydrogens (tertiary/aromatic N) is 1. The van der Waals surface area contributed by atoms with E-state index in [-0.39, 0.29) is 11.7 Å². The molecule has 20 heavy (non-hydrogen) atoms. The number of rotatable bonds is 4. The molecule has 1 amide bonds. The Bertz CT molecular complexity index is 645. The first-order valence-electron chi connectivity index (χ1n) is 7.05. The molecule has 0 spiro atoms. The van der Waals surface area contributed by atoms with Gasteiger partial charge in [0.1, 0.15) is 5.82 Å². The summed E-state index contributed by atoms with van der Waals surface area (Å²) in [4.78, 5) is 15.3. The molecule has 106 valence electrons. The van der Waals surface area contributed by atoms with E-state index in [1.54, 1.807) is 12.1 Å². The van der Waals surface area contributed by atoms with Gasteiger partial charge in [-0.15, -0.1) is 11.3 Å². The highest BCUT2D eigenvalue weighted by Gasteiger charge is 2.34. The zero-order valence-electron chi connectivity index (χ0n) is 11.7. The standard InChI is InChI=1S/C16H18FNOS/c1-10(2)9-18(11-6-7-11)16(19)15-8-12-13(17)4-3-5-14(12)20-15/h3-5,8,10-11H,6-7,9H2,1-2H3. The zero-order valence-corrected chi connectivity index (χ0v) is 12.5. The van der Waals surface area contributed by atoms with Crippen molar-refractivity contribution in [3.63, 3.8) is 0 Å². The van der Waals surface area contributed by atoms with Gasteiger partial charge >= 0.3 is 0 Å². The minimum absolute atomic E-state index is 0.0572. The van der Waals surface area contributed by atoms with Gasteiger partial charge in [-0.1, -0.05) is 19.9 Å². The van der Waals surface area contributed by atoms with Gasteiger partial charge in [0.05, 0.1) is 4.88 Å². The molecule has 0 bridgehead atoms. The monoisotopic (exact) mass is 291 g/mol. The van der Waals surface area contributed by atoms with Crippen LogP contribution in [0.5, 0.6) is 0 Å². The van der Waals surface area contributed by atoms with Crippen LogP contribution in [0.25, 0.3) is 10.1 Å². The summed E-state index contributed by atoms with van der Waals surface area (Å²) in [6.07, 6.45) is 2.19. The molecule has 0 N–H and O–H groups in total. The Morgan fingerprint density at radius 3 is 2.80 bits per heavy atom. The van der Waals surface area contributed by atoms with Crippen molar-refractivity contribution in [1.82, 2.24) is 4.90 Å². The minimum Gasteiger partial charge on any atom is -0.335 e. The van der Waals surface area contributed by atoms with Crippen molar-refractivity contribution >= 4 is 27.3 Å². The molecule has 2 nitrogen and oxygen atoms in total. The smallest absolute Gasteiger partial charge is 0.264 e. The predicted octanol–water partition coefficient (Wildman–Crippen LogP) is 4.30. The van der Waals surface area contributed by atoms with E-state index in [2.05, 4.69) is 13.8 Å². The predicted molar refractivity (Wildman–Crippen MR) is 80.7 cm³/mol. The summed E-state index contributed by atoms with van der Waals surface area (Å²) in [6, 6.07) is 7.09. The number of carbonyl (C=O) groups excluding carboxylic acids is 1. The highest BCUT2D eigenvalue weighted by molar-refractivity contribution is 7.20. The molecule has 1 aliphatic carbocycles. The van der Waals surface area contributed by atoms with E-state index in [0.717, 1.165) is 24.1 Å². The Kier molecular flexibility index (Phi) is 3.50. The van der Waals surface area contributed by atoms with Crippen molar-refractivity contribution in [2.75, 3.05) is 6.54 Å². The fourth-order valence-corrected chi connectivity index (χ4v) is 3.48. The Morgan fingerprint density at radius 2 is 2.20 bits per heavy atom. The molecule has 0 saturated heterocycles. The molecular formula is C16H18FNOS. The van der Waals surface area contributed by atoms with Crippen molar-refractivity contribution < 1.29 is 9.18 Å². The summed E-state index contributed by atoms with van der Waals surface area (Å²) in [5.74, 6) is 0.257. The van der Waals surface area contributed by atoms with Crippen LogP contribution in [0.4, 0.5) is 4.39 Å². The number of amides is 1. The highest BCUT2D eigenvalue weighted by atomic mass is 32.1. The maximum absolute atomic E-state index is 13.7. The van der Waals surface area contributed by atoms with Crippen LogP contribution in [0.2, 0.25) is 0 Å². The van der Waals surface area contributed by atoms with Crippen LogP contribution in [0.15, 0.2) is 24.3 Å². The Labute approximate surface area is 122 Å². The second-order valence-corrected chi connectivity index (χ2v) is 6.93. The molecular weight excluding hydrogens is 273 g/mol. The van der Waals surface area contributed by atoms with Gasteiger partial charge in [0.15, 0.2) is 0 Å². The first kappa shape index (κ1) is 13.6. The van der Waals surface area contributed by atoms with Crippen LogP contribution in [0.1, 0.15) is 36.4 Å². The Morgan fingerprint density at radius 1 is 1.45 bits per heavy atom. The van der Waals surface area contributed by atoms with E-state index < -0.39 is 0 Å². The molecule has 1 heterocycles. The largest absolute Gasteiger partial charge is 0.335 e. The normalized spacial score (nSPS) is 15.0. The lowest BCUT2D eigenvalue weighted by atomic mass is 10.2. The van der Waals surface area contributed by atoms with Gasteiger partial charge < -0.3 is 4.90 Å². The van der Waals surface area contributed by atoms with Gasteiger partial charge in [0, 0.05) is 22.7 Å². The molecule has 0 unspecified atom stereocenters. The third-order valence-electron chi connectivity index (χ3n) is 3.53. The lowest BCUT2D eigenvalue weighted by Crippen LogP contribution is -2.35. The number of hydrogen-bond donors (Lipinski definition) is 0. The average molecular weight is 291 g/mol. The SMILES string of the molecule is CC(C)CN(C(=O)c1cc2c(F)cccc2s1)C1CC1. The Balaban J connectivity index is 1.92. The van der Waals surface area contributed by atoms with Crippen molar-refractivity contribution in [3.05, 3.63) is 35.0 Å². The molecule has 1 aromatic heterocycles. The van der Waals surface area contributed by atoms with E-state index in [0.29, 0.717) is 22.2 Å². The van der Waals surface area contributed by atoms with E-state index in [1.807, 2.05) is 11.0 Å². The van der Waals surface area contributed by atoms with Gasteiger partial charge in [-0.3, -0.25) is 4.79 Å². The lowest BCUT2D eigenvalue weighted by molar-refractivity contribution is 0.0727. The average Bonchev–Trinajstić information content (AvgIpc) is 3.14. The summed E-state index contributed by atoms with van der Waals surface area (Å²) in [5.41, 5.74) is 0.